The predicted octanol–water partition coefficient (Wildman–Crippen LogP) is 6.37. The number of rotatable bonds is 11. The number of piperidine rings is 1. The summed E-state index contributed by atoms with van der Waals surface area (Å²) in [6, 6.07) is 19.3. The summed E-state index contributed by atoms with van der Waals surface area (Å²) in [7, 11) is 3.30. The largest absolute Gasteiger partial charge is 0.497 e. The van der Waals surface area contributed by atoms with Crippen molar-refractivity contribution in [2.75, 3.05) is 43.7 Å². The highest BCUT2D eigenvalue weighted by molar-refractivity contribution is 6.09. The van der Waals surface area contributed by atoms with E-state index in [-0.39, 0.29) is 24.1 Å². The average Bonchev–Trinajstić information content (AvgIpc) is 3.84. The number of nitrogens with zero attached hydrogens (tertiary/aromatic N) is 2. The fraction of sp³-hybridized carbons (Fsp3) is 0.394. The Morgan fingerprint density at radius 1 is 1.00 bits per heavy atom. The van der Waals surface area contributed by atoms with E-state index in [0.717, 1.165) is 55.8 Å². The lowest BCUT2D eigenvalue weighted by molar-refractivity contribution is -0.137. The Balaban J connectivity index is 1.22. The Morgan fingerprint density at radius 2 is 1.73 bits per heavy atom. The van der Waals surface area contributed by atoms with Crippen LogP contribution in [-0.2, 0) is 4.79 Å². The molecular weight excluding hydrogens is 523 g/mol. The van der Waals surface area contributed by atoms with Gasteiger partial charge in [0.15, 0.2) is 0 Å². The van der Waals surface area contributed by atoms with Crippen LogP contribution in [0.4, 0.5) is 15.8 Å². The van der Waals surface area contributed by atoms with E-state index < -0.39 is 5.97 Å². The number of carboxylic acid groups (broad SMARTS) is 1. The SMILES string of the molecule is COc1ccc(C(=O)N(C)c2ccc(F)cc2)c(N2CCC(COc3cccc(C(CC(=O)O)C4CC4)c3)CC2)c1. The first-order valence-corrected chi connectivity index (χ1v) is 14.2. The molecule has 7 nitrogen and oxygen atoms in total. The standard InChI is InChI=1S/C33H37FN2O5/c1-35(26-10-8-25(34)9-11-26)33(39)29-13-12-27(40-2)19-31(29)36-16-14-22(15-17-36)21-41-28-5-3-4-24(18-28)30(20-32(37)38)23-6-7-23/h3-5,8-13,18-19,22-23,30H,6-7,14-17,20-21H2,1-2H3,(H,37,38). The minimum atomic E-state index is -0.761. The lowest BCUT2D eigenvalue weighted by atomic mass is 9.91. The summed E-state index contributed by atoms with van der Waals surface area (Å²) in [6.45, 7) is 2.12. The van der Waals surface area contributed by atoms with E-state index in [0.29, 0.717) is 35.4 Å². The number of carboxylic acids is 1. The first kappa shape index (κ1) is 28.5. The van der Waals surface area contributed by atoms with Crippen LogP contribution in [0.1, 0.15) is 53.9 Å². The molecule has 1 heterocycles. The van der Waals surface area contributed by atoms with Gasteiger partial charge < -0.3 is 24.4 Å². The van der Waals surface area contributed by atoms with Crippen LogP contribution in [0.5, 0.6) is 11.5 Å². The zero-order chi connectivity index (χ0) is 28.9. The Hall–Kier alpha value is -4.07. The Labute approximate surface area is 240 Å². The van der Waals surface area contributed by atoms with Gasteiger partial charge in [-0.2, -0.15) is 0 Å². The molecule has 1 aliphatic carbocycles. The molecule has 1 saturated carbocycles. The number of hydrogen-bond acceptors (Lipinski definition) is 5. The van der Waals surface area contributed by atoms with Gasteiger partial charge in [-0.1, -0.05) is 12.1 Å². The van der Waals surface area contributed by atoms with Crippen LogP contribution in [0.2, 0.25) is 0 Å². The monoisotopic (exact) mass is 560 g/mol. The predicted molar refractivity (Wildman–Crippen MR) is 157 cm³/mol. The Morgan fingerprint density at radius 3 is 2.39 bits per heavy atom. The van der Waals surface area contributed by atoms with E-state index in [9.17, 15) is 19.1 Å². The highest BCUT2D eigenvalue weighted by atomic mass is 19.1. The van der Waals surface area contributed by atoms with E-state index in [2.05, 4.69) is 4.90 Å². The van der Waals surface area contributed by atoms with Gasteiger partial charge in [-0.15, -0.1) is 0 Å². The molecule has 2 fully saturated rings. The molecule has 1 unspecified atom stereocenters. The maximum Gasteiger partial charge on any atom is 0.303 e. The fourth-order valence-corrected chi connectivity index (χ4v) is 5.68. The van der Waals surface area contributed by atoms with Gasteiger partial charge in [-0.25, -0.2) is 4.39 Å². The van der Waals surface area contributed by atoms with Crippen LogP contribution in [-0.4, -0.2) is 50.8 Å². The fourth-order valence-electron chi connectivity index (χ4n) is 5.68. The third-order valence-corrected chi connectivity index (χ3v) is 8.27. The first-order chi connectivity index (χ1) is 19.8. The molecule has 0 spiro atoms. The van der Waals surface area contributed by atoms with Gasteiger partial charge in [0.1, 0.15) is 17.3 Å². The molecule has 3 aromatic rings. The number of methoxy groups -OCH3 is 1. The third-order valence-electron chi connectivity index (χ3n) is 8.27. The van der Waals surface area contributed by atoms with Gasteiger partial charge in [-0.3, -0.25) is 9.59 Å². The summed E-state index contributed by atoms with van der Waals surface area (Å²) in [5.41, 5.74) is 3.04. The average molecular weight is 561 g/mol. The smallest absolute Gasteiger partial charge is 0.303 e. The lowest BCUT2D eigenvalue weighted by Crippen LogP contribution is -2.37. The van der Waals surface area contributed by atoms with Crippen molar-refractivity contribution >= 4 is 23.3 Å². The van der Waals surface area contributed by atoms with Gasteiger partial charge in [0.25, 0.3) is 5.91 Å². The van der Waals surface area contributed by atoms with E-state index in [1.165, 1.54) is 17.0 Å². The number of carbonyl (C=O) groups excluding carboxylic acids is 1. The summed E-state index contributed by atoms with van der Waals surface area (Å²) >= 11 is 0. The third kappa shape index (κ3) is 6.99. The van der Waals surface area contributed by atoms with E-state index >= 15 is 0 Å². The normalized spacial score (nSPS) is 16.2. The molecule has 1 atom stereocenters. The zero-order valence-electron chi connectivity index (χ0n) is 23.6. The van der Waals surface area contributed by atoms with Gasteiger partial charge in [0.05, 0.1) is 31.4 Å². The number of benzene rings is 3. The second kappa shape index (κ2) is 12.6. The topological polar surface area (TPSA) is 79.3 Å². The highest BCUT2D eigenvalue weighted by Crippen LogP contribution is 2.45. The van der Waals surface area contributed by atoms with Gasteiger partial charge in [0.2, 0.25) is 0 Å². The molecule has 8 heteroatoms. The highest BCUT2D eigenvalue weighted by Gasteiger charge is 2.34. The lowest BCUT2D eigenvalue weighted by Gasteiger charge is -2.35. The van der Waals surface area contributed by atoms with Crippen LogP contribution in [0, 0.1) is 17.7 Å². The number of halogens is 1. The molecule has 1 saturated heterocycles. The number of hydrogen-bond donors (Lipinski definition) is 1. The molecule has 1 amide bonds. The summed E-state index contributed by atoms with van der Waals surface area (Å²) < 4.78 is 25.1. The van der Waals surface area contributed by atoms with Crippen molar-refractivity contribution in [2.45, 2.75) is 38.0 Å². The van der Waals surface area contributed by atoms with Crippen LogP contribution < -0.4 is 19.3 Å². The summed E-state index contributed by atoms with van der Waals surface area (Å²) in [5, 5.41) is 9.36. The van der Waals surface area contributed by atoms with E-state index in [1.807, 2.05) is 30.3 Å². The molecule has 0 radical (unpaired) electrons. The summed E-state index contributed by atoms with van der Waals surface area (Å²) in [5.74, 6) is 1.04. The maximum absolute atomic E-state index is 13.5. The number of anilines is 2. The van der Waals surface area contributed by atoms with Crippen molar-refractivity contribution in [3.05, 3.63) is 83.7 Å². The number of ether oxygens (including phenoxy) is 2. The molecule has 2 aliphatic rings. The molecule has 1 N–H and O–H groups in total. The minimum absolute atomic E-state index is 0.0427. The van der Waals surface area contributed by atoms with E-state index in [1.54, 1.807) is 38.4 Å². The Bertz CT molecular complexity index is 1370. The molecule has 0 bridgehead atoms. The van der Waals surface area contributed by atoms with Crippen LogP contribution in [0.3, 0.4) is 0 Å². The molecule has 1 aliphatic heterocycles. The van der Waals surface area contributed by atoms with Crippen LogP contribution >= 0.6 is 0 Å². The van der Waals surface area contributed by atoms with Gasteiger partial charge in [0, 0.05) is 31.9 Å². The van der Waals surface area contributed by atoms with Crippen molar-refractivity contribution in [3.8, 4) is 11.5 Å². The number of aliphatic carboxylic acids is 1. The summed E-state index contributed by atoms with van der Waals surface area (Å²) in [4.78, 5) is 28.6. The molecule has 5 rings (SSSR count). The van der Waals surface area contributed by atoms with Crippen molar-refractivity contribution < 1.29 is 28.6 Å². The van der Waals surface area contributed by atoms with Crippen molar-refractivity contribution in [3.63, 3.8) is 0 Å². The van der Waals surface area contributed by atoms with Crippen molar-refractivity contribution in [2.24, 2.45) is 11.8 Å². The van der Waals surface area contributed by atoms with E-state index in [4.69, 9.17) is 9.47 Å². The van der Waals surface area contributed by atoms with Crippen molar-refractivity contribution in [1.82, 2.24) is 0 Å². The maximum atomic E-state index is 13.5. The van der Waals surface area contributed by atoms with Crippen LogP contribution in [0.25, 0.3) is 0 Å². The first-order valence-electron chi connectivity index (χ1n) is 14.2. The molecule has 41 heavy (non-hydrogen) atoms. The number of amides is 1. The Kier molecular flexibility index (Phi) is 8.76. The van der Waals surface area contributed by atoms with Crippen molar-refractivity contribution in [1.29, 1.82) is 0 Å². The molecular formula is C33H37FN2O5. The van der Waals surface area contributed by atoms with Crippen LogP contribution in [0.15, 0.2) is 66.7 Å². The molecule has 0 aromatic heterocycles. The molecule has 216 valence electrons. The van der Waals surface area contributed by atoms with Gasteiger partial charge in [-0.05, 0) is 97.5 Å². The quantitative estimate of drug-likeness (QED) is 0.293. The molecule has 3 aromatic carbocycles. The zero-order valence-corrected chi connectivity index (χ0v) is 23.6. The van der Waals surface area contributed by atoms with Gasteiger partial charge >= 0.3 is 5.97 Å². The second-order valence-corrected chi connectivity index (χ2v) is 11.1. The summed E-state index contributed by atoms with van der Waals surface area (Å²) in [6.07, 6.45) is 4.14. The number of carbonyl (C=O) groups is 2. The second-order valence-electron chi connectivity index (χ2n) is 11.1. The minimum Gasteiger partial charge on any atom is -0.497 e.